The van der Waals surface area contributed by atoms with Gasteiger partial charge in [-0.2, -0.15) is 0 Å². The largest absolute Gasteiger partial charge is 0.444 e. The number of carbonyl (C=O) groups excluding carboxylic acids is 1. The molecule has 0 saturated carbocycles. The first-order valence-corrected chi connectivity index (χ1v) is 7.26. The number of ether oxygens (including phenoxy) is 2. The van der Waals surface area contributed by atoms with Crippen LogP contribution < -0.4 is 10.6 Å². The highest BCUT2D eigenvalue weighted by atomic mass is 16.6. The second-order valence-corrected chi connectivity index (χ2v) is 5.97. The van der Waals surface area contributed by atoms with E-state index in [0.717, 1.165) is 32.5 Å². The average Bonchev–Trinajstić information content (AvgIpc) is 2.32. The van der Waals surface area contributed by atoms with Crippen molar-refractivity contribution in [1.82, 2.24) is 10.6 Å². The fraction of sp³-hybridized carbons (Fsp3) is 0.929. The molecule has 112 valence electrons. The maximum absolute atomic E-state index is 11.4. The van der Waals surface area contributed by atoms with Crippen molar-refractivity contribution in [1.29, 1.82) is 0 Å². The molecular weight excluding hydrogens is 244 g/mol. The number of alkyl carbamates (subject to hydrolysis) is 1. The maximum Gasteiger partial charge on any atom is 0.407 e. The molecule has 1 unspecified atom stereocenters. The predicted molar refractivity (Wildman–Crippen MR) is 75.3 cm³/mol. The summed E-state index contributed by atoms with van der Waals surface area (Å²) in [6, 6.07) is 0. The van der Waals surface area contributed by atoms with Crippen LogP contribution in [0, 0.1) is 0 Å². The minimum Gasteiger partial charge on any atom is -0.444 e. The maximum atomic E-state index is 11.4. The lowest BCUT2D eigenvalue weighted by Crippen LogP contribution is -2.35. The molecule has 1 heterocycles. The van der Waals surface area contributed by atoms with Crippen LogP contribution in [0.5, 0.6) is 0 Å². The minimum absolute atomic E-state index is 0.344. The summed E-state index contributed by atoms with van der Waals surface area (Å²) in [7, 11) is 0. The summed E-state index contributed by atoms with van der Waals surface area (Å²) in [5.74, 6) is 0. The number of hydrogen-bond donors (Lipinski definition) is 2. The van der Waals surface area contributed by atoms with Crippen LogP contribution in [-0.4, -0.2) is 44.0 Å². The third kappa shape index (κ3) is 8.83. The van der Waals surface area contributed by atoms with Crippen molar-refractivity contribution in [3.05, 3.63) is 0 Å². The topological polar surface area (TPSA) is 59.6 Å². The lowest BCUT2D eigenvalue weighted by Gasteiger charge is -2.23. The molecule has 0 spiro atoms. The Bertz CT molecular complexity index is 258. The van der Waals surface area contributed by atoms with Gasteiger partial charge in [-0.15, -0.1) is 0 Å². The second kappa shape index (κ2) is 8.38. The average molecular weight is 272 g/mol. The van der Waals surface area contributed by atoms with Gasteiger partial charge in [-0.3, -0.25) is 0 Å². The molecule has 1 aliphatic heterocycles. The van der Waals surface area contributed by atoms with Crippen molar-refractivity contribution in [2.45, 2.75) is 58.2 Å². The Kier molecular flexibility index (Phi) is 7.16. The normalized spacial score (nSPS) is 20.1. The zero-order valence-corrected chi connectivity index (χ0v) is 12.5. The summed E-state index contributed by atoms with van der Waals surface area (Å²) in [5, 5.41) is 6.11. The highest BCUT2D eigenvalue weighted by molar-refractivity contribution is 5.67. The van der Waals surface area contributed by atoms with Crippen LogP contribution in [0.3, 0.4) is 0 Å². The van der Waals surface area contributed by atoms with Gasteiger partial charge in [0.25, 0.3) is 0 Å². The van der Waals surface area contributed by atoms with Gasteiger partial charge in [0.1, 0.15) is 5.60 Å². The molecule has 5 heteroatoms. The van der Waals surface area contributed by atoms with E-state index < -0.39 is 5.60 Å². The first-order valence-electron chi connectivity index (χ1n) is 7.26. The van der Waals surface area contributed by atoms with Gasteiger partial charge in [-0.25, -0.2) is 4.79 Å². The zero-order chi connectivity index (χ0) is 14.1. The SMILES string of the molecule is CC(C)(C)OC(=O)NCCCNCC1CCCCO1. The molecule has 1 amide bonds. The summed E-state index contributed by atoms with van der Waals surface area (Å²) in [4.78, 5) is 11.4. The van der Waals surface area contributed by atoms with E-state index in [-0.39, 0.29) is 6.09 Å². The number of hydrogen-bond acceptors (Lipinski definition) is 4. The van der Waals surface area contributed by atoms with E-state index >= 15 is 0 Å². The zero-order valence-electron chi connectivity index (χ0n) is 12.5. The molecule has 0 aromatic heterocycles. The van der Waals surface area contributed by atoms with Gasteiger partial charge in [-0.1, -0.05) is 0 Å². The Morgan fingerprint density at radius 3 is 2.74 bits per heavy atom. The van der Waals surface area contributed by atoms with Gasteiger partial charge in [0.15, 0.2) is 0 Å². The van der Waals surface area contributed by atoms with Crippen molar-refractivity contribution in [3.8, 4) is 0 Å². The summed E-state index contributed by atoms with van der Waals surface area (Å²) in [6.45, 7) is 8.90. The molecule has 1 fully saturated rings. The molecule has 0 bridgehead atoms. The molecule has 2 N–H and O–H groups in total. The van der Waals surface area contributed by atoms with Gasteiger partial charge < -0.3 is 20.1 Å². The van der Waals surface area contributed by atoms with E-state index in [4.69, 9.17) is 9.47 Å². The number of nitrogens with one attached hydrogen (secondary N) is 2. The van der Waals surface area contributed by atoms with Gasteiger partial charge in [0, 0.05) is 19.7 Å². The Morgan fingerprint density at radius 1 is 1.32 bits per heavy atom. The molecule has 5 nitrogen and oxygen atoms in total. The monoisotopic (exact) mass is 272 g/mol. The first-order chi connectivity index (χ1) is 8.97. The van der Waals surface area contributed by atoms with E-state index in [1.807, 2.05) is 20.8 Å². The van der Waals surface area contributed by atoms with Crippen molar-refractivity contribution < 1.29 is 14.3 Å². The van der Waals surface area contributed by atoms with Crippen LogP contribution in [0.15, 0.2) is 0 Å². The standard InChI is InChI=1S/C14H28N2O3/c1-14(2,3)19-13(17)16-9-6-8-15-11-12-7-4-5-10-18-12/h12,15H,4-11H2,1-3H3,(H,16,17). The van der Waals surface area contributed by atoms with E-state index in [9.17, 15) is 4.79 Å². The summed E-state index contributed by atoms with van der Waals surface area (Å²) in [5.41, 5.74) is -0.430. The Hall–Kier alpha value is -0.810. The number of amides is 1. The third-order valence-electron chi connectivity index (χ3n) is 2.84. The van der Waals surface area contributed by atoms with Crippen LogP contribution >= 0.6 is 0 Å². The summed E-state index contributed by atoms with van der Waals surface area (Å²) in [6.07, 6.45) is 4.54. The Labute approximate surface area is 116 Å². The molecule has 0 aromatic rings. The van der Waals surface area contributed by atoms with E-state index in [1.54, 1.807) is 0 Å². The number of rotatable bonds is 6. The molecule has 1 rings (SSSR count). The van der Waals surface area contributed by atoms with Crippen molar-refractivity contribution in [2.24, 2.45) is 0 Å². The minimum atomic E-state index is -0.430. The van der Waals surface area contributed by atoms with E-state index in [1.165, 1.54) is 12.8 Å². The highest BCUT2D eigenvalue weighted by Gasteiger charge is 2.15. The molecule has 0 radical (unpaired) electrons. The smallest absolute Gasteiger partial charge is 0.407 e. The van der Waals surface area contributed by atoms with Gasteiger partial charge in [0.05, 0.1) is 6.10 Å². The molecule has 0 aromatic carbocycles. The fourth-order valence-corrected chi connectivity index (χ4v) is 1.95. The lowest BCUT2D eigenvalue weighted by molar-refractivity contribution is 0.0170. The molecule has 1 atom stereocenters. The van der Waals surface area contributed by atoms with E-state index in [2.05, 4.69) is 10.6 Å². The van der Waals surface area contributed by atoms with E-state index in [0.29, 0.717) is 12.6 Å². The van der Waals surface area contributed by atoms with Crippen LogP contribution in [0.1, 0.15) is 46.5 Å². The van der Waals surface area contributed by atoms with Crippen LogP contribution in [-0.2, 0) is 9.47 Å². The van der Waals surface area contributed by atoms with Gasteiger partial charge in [-0.05, 0) is 53.0 Å². The fourth-order valence-electron chi connectivity index (χ4n) is 1.95. The molecule has 1 saturated heterocycles. The van der Waals surface area contributed by atoms with Crippen molar-refractivity contribution >= 4 is 6.09 Å². The second-order valence-electron chi connectivity index (χ2n) is 5.97. The molecule has 0 aliphatic carbocycles. The van der Waals surface area contributed by atoms with Crippen molar-refractivity contribution in [3.63, 3.8) is 0 Å². The third-order valence-corrected chi connectivity index (χ3v) is 2.84. The summed E-state index contributed by atoms with van der Waals surface area (Å²) >= 11 is 0. The molecular formula is C14H28N2O3. The quantitative estimate of drug-likeness (QED) is 0.727. The van der Waals surface area contributed by atoms with Gasteiger partial charge >= 0.3 is 6.09 Å². The molecule has 19 heavy (non-hydrogen) atoms. The Balaban J connectivity index is 1.92. The van der Waals surface area contributed by atoms with Crippen LogP contribution in [0.4, 0.5) is 4.79 Å². The number of carbonyl (C=O) groups is 1. The molecule has 1 aliphatic rings. The lowest BCUT2D eigenvalue weighted by atomic mass is 10.1. The highest BCUT2D eigenvalue weighted by Crippen LogP contribution is 2.11. The Morgan fingerprint density at radius 2 is 2.11 bits per heavy atom. The van der Waals surface area contributed by atoms with Crippen LogP contribution in [0.2, 0.25) is 0 Å². The van der Waals surface area contributed by atoms with Gasteiger partial charge in [0.2, 0.25) is 0 Å². The van der Waals surface area contributed by atoms with Crippen molar-refractivity contribution in [2.75, 3.05) is 26.2 Å². The predicted octanol–water partition coefficient (Wildman–Crippen LogP) is 2.06. The summed E-state index contributed by atoms with van der Waals surface area (Å²) < 4.78 is 10.8. The first kappa shape index (κ1) is 16.2. The van der Waals surface area contributed by atoms with Crippen LogP contribution in [0.25, 0.3) is 0 Å².